The smallest absolute Gasteiger partial charge is 0.216 e. The summed E-state index contributed by atoms with van der Waals surface area (Å²) < 4.78 is 20.9. The fourth-order valence-electron chi connectivity index (χ4n) is 15.1. The predicted octanol–water partition coefficient (Wildman–Crippen LogP) is 28.2. The summed E-state index contributed by atoms with van der Waals surface area (Å²) in [6, 6.07) is 90.2. The zero-order valence-electron chi connectivity index (χ0n) is 70.8. The maximum atomic E-state index is 10.0. The third-order valence-electron chi connectivity index (χ3n) is 20.6. The van der Waals surface area contributed by atoms with Gasteiger partial charge in [-0.1, -0.05) is 191 Å². The molecule has 15 nitrogen and oxygen atoms in total. The average Bonchev–Trinajstić information content (AvgIpc) is 1.60. The van der Waals surface area contributed by atoms with Gasteiger partial charge in [-0.2, -0.15) is 0 Å². The number of aliphatic hydroxyl groups is 3. The molecule has 126 heavy (non-hydrogen) atoms. The van der Waals surface area contributed by atoms with Crippen LogP contribution in [0, 0.1) is 52.8 Å². The van der Waals surface area contributed by atoms with E-state index in [2.05, 4.69) is 230 Å². The van der Waals surface area contributed by atoms with Crippen molar-refractivity contribution in [3.05, 3.63) is 342 Å². The maximum absolute atomic E-state index is 10.0. The number of allylic oxidation sites excluding steroid dienone is 6. The Balaban J connectivity index is 0.000000153. The first kappa shape index (κ1) is 93.1. The predicted molar refractivity (Wildman–Crippen MR) is 502 cm³/mol. The fraction of sp³-hybridized carbons (Fsp3) is 0.133. The molecular formula is C105H85Ir3N6O9S3-3. The summed E-state index contributed by atoms with van der Waals surface area (Å²) in [4.78, 5) is 62.0. The molecule has 19 aromatic rings. The number of rotatable bonds is 11. The number of ketones is 3. The van der Waals surface area contributed by atoms with Gasteiger partial charge in [0.2, 0.25) is 17.1 Å². The van der Waals surface area contributed by atoms with E-state index >= 15 is 0 Å². The van der Waals surface area contributed by atoms with E-state index in [1.165, 1.54) is 139 Å². The van der Waals surface area contributed by atoms with Gasteiger partial charge in [0.25, 0.3) is 0 Å². The number of thioether (sulfide) groups is 1. The summed E-state index contributed by atoms with van der Waals surface area (Å²) in [7, 11) is 0. The molecule has 21 heteroatoms. The number of nitrogens with zero attached hydrogens (tertiary/aromatic N) is 6. The van der Waals surface area contributed by atoms with E-state index < -0.39 is 0 Å². The zero-order valence-corrected chi connectivity index (χ0v) is 80.4. The van der Waals surface area contributed by atoms with Crippen molar-refractivity contribution in [1.29, 1.82) is 0 Å². The average molecular weight is 2250 g/mol. The minimum absolute atomic E-state index is 0. The van der Waals surface area contributed by atoms with E-state index in [1.807, 2.05) is 106 Å². The summed E-state index contributed by atoms with van der Waals surface area (Å²) >= 11 is 5.50. The van der Waals surface area contributed by atoms with Crippen molar-refractivity contribution in [2.45, 2.75) is 99.1 Å². The SMILES string of the molecule is CC(=O)C=C(C)O.CC(=O)C=C(C)O.CC(=O)C=C(C)O.Cc1ccc2c(n1)oc1c(-c3cc4c(cn3)C(C)C(c3ccccc3)S4)[c-]ccc12.Cc1ccc2c(n1)oc1c(-c3cc4sc(-c5ccc(-c6c(C)cccc6C)cc5)cc4cn3)[c-]ccc12.Cc1ccc2c(n1)oc1c(-c3cc4sc(-c5ccccc5)c(-c5ccccc5)c4cn3)[c-]ccc12.[Ir].[Ir].[Ir]. The number of hydrogen-bond donors (Lipinski definition) is 3. The van der Waals surface area contributed by atoms with Gasteiger partial charge in [-0.3, -0.25) is 14.4 Å². The standard InChI is InChI=1S/C33H23N2OS.C31H19N2OS.C26H19N2OS.3C5H8O2.3Ir/c1-19-6-4-7-20(2)31(19)23-13-11-22(12-14-23)29-16-24-18-34-28(17-30(24)37-29)27-9-5-8-25-26-15-10-21(3)35-33(26)36-32(25)27;1-19-15-16-23-22-13-8-14-24(29(22)34-31(23)33-19)26-17-27-25(18-32-26)28(20-9-4-2-5-10-20)30(35-27)21-11-6-3-7-12-21;1-15-11-12-19-18-9-6-10-20(24(18)29-26(19)28-15)22-13-23-21(14-27-22)16(2)25(30-23)17-7-4-3-5-8-17;3*1-4(6)3-5(2)7;;;/h4-8,10-18H,1-3H3;2-13,15-18H,1H3;3-9,11-14,16,25H,1-2H3;3*3,6H,1-2H3;;;/q3*-1;;;;;;. The number of aromatic nitrogens is 6. The van der Waals surface area contributed by atoms with Crippen LogP contribution in [0.3, 0.4) is 0 Å². The van der Waals surface area contributed by atoms with Crippen molar-refractivity contribution < 1.29 is 103 Å². The number of pyridine rings is 6. The Labute approximate surface area is 782 Å². The molecule has 0 saturated heterocycles. The molecular weight excluding hydrogens is 2160 g/mol. The number of hydrogen-bond acceptors (Lipinski definition) is 18. The van der Waals surface area contributed by atoms with Crippen LogP contribution < -0.4 is 0 Å². The maximum Gasteiger partial charge on any atom is 0.216 e. The first-order valence-electron chi connectivity index (χ1n) is 40.0. The molecule has 3 N–H and O–H groups in total. The van der Waals surface area contributed by atoms with E-state index in [-0.39, 0.29) is 94.9 Å². The molecule has 2 atom stereocenters. The third kappa shape index (κ3) is 21.0. The van der Waals surface area contributed by atoms with Crippen molar-refractivity contribution in [2.75, 3.05) is 0 Å². The Hall–Kier alpha value is -12.1. The molecule has 12 heterocycles. The molecule has 8 aromatic carbocycles. The van der Waals surface area contributed by atoms with Gasteiger partial charge in [-0.15, -0.1) is 89.0 Å². The number of benzene rings is 8. The molecule has 0 bridgehead atoms. The normalized spacial score (nSPS) is 12.9. The summed E-state index contributed by atoms with van der Waals surface area (Å²) in [6.07, 6.45) is 9.48. The molecule has 2 unspecified atom stereocenters. The van der Waals surface area contributed by atoms with E-state index in [4.69, 9.17) is 43.5 Å². The third-order valence-corrected chi connectivity index (χ3v) is 24.4. The van der Waals surface area contributed by atoms with Crippen LogP contribution in [-0.4, -0.2) is 62.6 Å². The molecule has 1 aliphatic heterocycles. The molecule has 11 aromatic heterocycles. The number of carbonyl (C=O) groups excluding carboxylic acids is 3. The second-order valence-electron chi connectivity index (χ2n) is 30.2. The van der Waals surface area contributed by atoms with Crippen LogP contribution >= 0.6 is 34.4 Å². The second-order valence-corrected chi connectivity index (χ2v) is 33.5. The second kappa shape index (κ2) is 41.4. The van der Waals surface area contributed by atoms with Crippen molar-refractivity contribution in [3.63, 3.8) is 0 Å². The van der Waals surface area contributed by atoms with E-state index in [0.717, 1.165) is 111 Å². The van der Waals surface area contributed by atoms with Gasteiger partial charge in [-0.25, -0.2) is 15.0 Å². The van der Waals surface area contributed by atoms with Crippen molar-refractivity contribution in [2.24, 2.45) is 0 Å². The molecule has 20 rings (SSSR count). The fourth-order valence-corrected chi connectivity index (χ4v) is 18.9. The molecule has 0 aliphatic carbocycles. The van der Waals surface area contributed by atoms with Gasteiger partial charge >= 0.3 is 0 Å². The van der Waals surface area contributed by atoms with E-state index in [1.54, 1.807) is 22.7 Å². The van der Waals surface area contributed by atoms with E-state index in [0.29, 0.717) is 28.3 Å². The number of carbonyl (C=O) groups is 3. The van der Waals surface area contributed by atoms with Crippen LogP contribution in [0.4, 0.5) is 0 Å². The van der Waals surface area contributed by atoms with Gasteiger partial charge in [0.05, 0.1) is 34.0 Å². The van der Waals surface area contributed by atoms with E-state index in [9.17, 15) is 14.4 Å². The molecule has 0 amide bonds. The van der Waals surface area contributed by atoms with Crippen LogP contribution in [0.5, 0.6) is 0 Å². The van der Waals surface area contributed by atoms with Crippen LogP contribution in [0.1, 0.15) is 99.0 Å². The van der Waals surface area contributed by atoms with Crippen LogP contribution in [0.2, 0.25) is 0 Å². The Morgan fingerprint density at radius 2 is 0.802 bits per heavy atom. The molecule has 637 valence electrons. The first-order valence-corrected chi connectivity index (χ1v) is 42.5. The van der Waals surface area contributed by atoms with Crippen molar-refractivity contribution in [3.8, 4) is 76.9 Å². The topological polar surface area (TPSA) is 229 Å². The number of fused-ring (bicyclic) bond motifs is 12. The summed E-state index contributed by atoms with van der Waals surface area (Å²) in [5.74, 6) is 0.236. The van der Waals surface area contributed by atoms with Gasteiger partial charge in [0, 0.05) is 176 Å². The molecule has 0 fully saturated rings. The van der Waals surface area contributed by atoms with Gasteiger partial charge < -0.3 is 43.5 Å². The largest absolute Gasteiger partial charge is 0.512 e. The monoisotopic (exact) mass is 2250 g/mol. The molecule has 1 aliphatic rings. The van der Waals surface area contributed by atoms with Crippen LogP contribution in [-0.2, 0) is 74.7 Å². The number of furan rings is 3. The minimum atomic E-state index is -0.125. The minimum Gasteiger partial charge on any atom is -0.512 e. The van der Waals surface area contributed by atoms with Gasteiger partial charge in [0.15, 0.2) is 17.3 Å². The molecule has 0 spiro atoms. The number of aliphatic hydroxyl groups excluding tert-OH is 3. The summed E-state index contributed by atoms with van der Waals surface area (Å²) in [5.41, 5.74) is 25.0. The zero-order chi connectivity index (χ0) is 86.3. The Morgan fingerprint density at radius 1 is 0.397 bits per heavy atom. The Morgan fingerprint density at radius 3 is 1.25 bits per heavy atom. The first-order chi connectivity index (χ1) is 59.4. The summed E-state index contributed by atoms with van der Waals surface area (Å²) in [6.45, 7) is 21.1. The Bertz CT molecular complexity index is 7230. The van der Waals surface area contributed by atoms with Crippen molar-refractivity contribution in [1.82, 2.24) is 29.9 Å². The Kier molecular flexibility index (Phi) is 30.5. The molecule has 0 saturated carbocycles. The number of thiophene rings is 2. The van der Waals surface area contributed by atoms with Gasteiger partial charge in [0.1, 0.15) is 0 Å². The van der Waals surface area contributed by atoms with Crippen molar-refractivity contribution >= 4 is 138 Å². The van der Waals surface area contributed by atoms with Gasteiger partial charge in [-0.05, 0) is 192 Å². The number of aryl methyl sites for hydroxylation is 5. The summed E-state index contributed by atoms with van der Waals surface area (Å²) in [5, 5.41) is 34.0. The molecule has 3 radical (unpaired) electrons. The van der Waals surface area contributed by atoms with Crippen LogP contribution in [0.25, 0.3) is 163 Å². The quantitative estimate of drug-likeness (QED) is 0.0621. The van der Waals surface area contributed by atoms with Crippen LogP contribution in [0.15, 0.2) is 303 Å².